The highest BCUT2D eigenvalue weighted by atomic mass is 16.5. The summed E-state index contributed by atoms with van der Waals surface area (Å²) in [6.45, 7) is 3.13. The fourth-order valence-electron chi connectivity index (χ4n) is 5.10. The van der Waals surface area contributed by atoms with Crippen molar-refractivity contribution in [3.8, 4) is 0 Å². The molecule has 2 heterocycles. The van der Waals surface area contributed by atoms with Crippen molar-refractivity contribution in [2.45, 2.75) is 56.8 Å². The Morgan fingerprint density at radius 3 is 2.56 bits per heavy atom. The number of urea groups is 1. The normalized spacial score (nSPS) is 25.4. The number of nitrogens with zero attached hydrogens (tertiary/aromatic N) is 5. The van der Waals surface area contributed by atoms with E-state index in [1.165, 1.54) is 10.2 Å². The molecule has 9 nitrogen and oxygen atoms in total. The summed E-state index contributed by atoms with van der Waals surface area (Å²) in [5, 5.41) is 11.4. The van der Waals surface area contributed by atoms with E-state index in [4.69, 9.17) is 4.74 Å². The number of ether oxygens (including phenoxy) is 1. The van der Waals surface area contributed by atoms with Crippen LogP contribution in [0.4, 0.5) is 4.79 Å². The molecule has 0 atom stereocenters. The summed E-state index contributed by atoms with van der Waals surface area (Å²) in [5.41, 5.74) is 1.76. The molecule has 0 radical (unpaired) electrons. The molecule has 1 spiro atoms. The van der Waals surface area contributed by atoms with Crippen molar-refractivity contribution in [3.05, 3.63) is 47.8 Å². The minimum absolute atomic E-state index is 0.0134. The van der Waals surface area contributed by atoms with Gasteiger partial charge in [-0.25, -0.2) is 9.48 Å². The lowest BCUT2D eigenvalue weighted by atomic mass is 9.69. The van der Waals surface area contributed by atoms with Crippen LogP contribution in [0.3, 0.4) is 0 Å². The second-order valence-corrected chi connectivity index (χ2v) is 9.07. The van der Waals surface area contributed by atoms with Gasteiger partial charge in [-0.15, -0.1) is 5.10 Å². The molecule has 0 unspecified atom stereocenters. The molecule has 2 aromatic rings. The number of carbonyl (C=O) groups excluding carboxylic acids is 2. The fourth-order valence-corrected chi connectivity index (χ4v) is 5.10. The molecule has 1 aromatic heterocycles. The van der Waals surface area contributed by atoms with E-state index in [0.717, 1.165) is 25.7 Å². The average molecular weight is 441 g/mol. The fraction of sp³-hybridized carbons (Fsp3) is 0.565. The van der Waals surface area contributed by atoms with Crippen molar-refractivity contribution in [1.82, 2.24) is 30.1 Å². The van der Waals surface area contributed by atoms with Gasteiger partial charge in [0.1, 0.15) is 12.2 Å². The zero-order valence-electron chi connectivity index (χ0n) is 19.1. The second-order valence-electron chi connectivity index (χ2n) is 9.07. The molecular weight excluding hydrogens is 408 g/mol. The topological polar surface area (TPSA) is 92.6 Å². The maximum absolute atomic E-state index is 12.8. The summed E-state index contributed by atoms with van der Waals surface area (Å²) in [6.07, 6.45) is 5.49. The van der Waals surface area contributed by atoms with Crippen molar-refractivity contribution in [2.24, 2.45) is 0 Å². The summed E-state index contributed by atoms with van der Waals surface area (Å²) in [6, 6.07) is 10.6. The van der Waals surface area contributed by atoms with Crippen molar-refractivity contribution in [1.29, 1.82) is 0 Å². The summed E-state index contributed by atoms with van der Waals surface area (Å²) < 4.78 is 6.39. The van der Waals surface area contributed by atoms with Gasteiger partial charge < -0.3 is 15.0 Å². The summed E-state index contributed by atoms with van der Waals surface area (Å²) in [4.78, 5) is 28.5. The molecule has 2 fully saturated rings. The lowest BCUT2D eigenvalue weighted by molar-refractivity contribution is -0.144. The minimum Gasteiger partial charge on any atom is -0.465 e. The molecule has 9 heteroatoms. The van der Waals surface area contributed by atoms with E-state index in [0.29, 0.717) is 25.4 Å². The van der Waals surface area contributed by atoms with E-state index in [2.05, 4.69) is 65.0 Å². The van der Waals surface area contributed by atoms with E-state index in [1.54, 1.807) is 18.0 Å². The van der Waals surface area contributed by atoms with Crippen molar-refractivity contribution < 1.29 is 14.3 Å². The van der Waals surface area contributed by atoms with Crippen LogP contribution in [0.5, 0.6) is 0 Å². The smallest absolute Gasteiger partial charge is 0.327 e. The van der Waals surface area contributed by atoms with Crippen LogP contribution in [-0.2, 0) is 28.2 Å². The third-order valence-corrected chi connectivity index (χ3v) is 6.89. The predicted octanol–water partition coefficient (Wildman–Crippen LogP) is 2.14. The first-order valence-electron chi connectivity index (χ1n) is 11.2. The molecular formula is C23H32N6O3. The number of aromatic nitrogens is 3. The molecule has 2 aliphatic rings. The first-order valence-corrected chi connectivity index (χ1v) is 11.2. The van der Waals surface area contributed by atoms with Gasteiger partial charge in [0, 0.05) is 12.1 Å². The summed E-state index contributed by atoms with van der Waals surface area (Å²) in [7, 11) is 4.29. The van der Waals surface area contributed by atoms with Gasteiger partial charge in [-0.3, -0.25) is 9.69 Å². The maximum Gasteiger partial charge on any atom is 0.327 e. The number of carbonyl (C=O) groups is 2. The van der Waals surface area contributed by atoms with Gasteiger partial charge in [0.15, 0.2) is 0 Å². The highest BCUT2D eigenvalue weighted by Crippen LogP contribution is 2.46. The Hall–Kier alpha value is -2.94. The molecule has 1 aromatic carbocycles. The number of hydrogen-bond acceptors (Lipinski definition) is 6. The monoisotopic (exact) mass is 440 g/mol. The van der Waals surface area contributed by atoms with E-state index >= 15 is 0 Å². The molecule has 32 heavy (non-hydrogen) atoms. The summed E-state index contributed by atoms with van der Waals surface area (Å²) in [5.74, 6) is -0.355. The van der Waals surface area contributed by atoms with Crippen LogP contribution in [0.2, 0.25) is 0 Å². The van der Waals surface area contributed by atoms with Gasteiger partial charge in [0.25, 0.3) is 0 Å². The molecule has 1 N–H and O–H groups in total. The number of benzene rings is 1. The van der Waals surface area contributed by atoms with E-state index in [1.807, 2.05) is 0 Å². The Kier molecular flexibility index (Phi) is 6.19. The molecule has 1 aliphatic heterocycles. The molecule has 1 saturated carbocycles. The van der Waals surface area contributed by atoms with Gasteiger partial charge in [-0.2, -0.15) is 0 Å². The number of nitrogens with one attached hydrogen (secondary N) is 1. The lowest BCUT2D eigenvalue weighted by Gasteiger charge is -2.48. The number of esters is 1. The molecule has 2 amide bonds. The lowest BCUT2D eigenvalue weighted by Crippen LogP contribution is -2.54. The third-order valence-electron chi connectivity index (χ3n) is 6.89. The van der Waals surface area contributed by atoms with Crippen LogP contribution in [-0.4, -0.2) is 69.6 Å². The van der Waals surface area contributed by atoms with Gasteiger partial charge in [-0.05, 0) is 52.3 Å². The SMILES string of the molecule is CCOC(=O)Cn1cc(CN2CC3(CCC(c4ccccc4)(N(C)C)CC3)NC2=O)nn1. The zero-order valence-corrected chi connectivity index (χ0v) is 19.1. The quantitative estimate of drug-likeness (QED) is 0.663. The minimum atomic E-state index is -0.355. The van der Waals surface area contributed by atoms with Crippen molar-refractivity contribution in [3.63, 3.8) is 0 Å². The van der Waals surface area contributed by atoms with Crippen LogP contribution in [0, 0.1) is 0 Å². The van der Waals surface area contributed by atoms with Crippen LogP contribution in [0.25, 0.3) is 0 Å². The standard InChI is InChI=1S/C23H32N6O3/c1-4-32-20(30)16-29-15-19(25-26-29)14-28-17-22(24-21(28)31)10-12-23(13-11-22,27(2)3)18-8-6-5-7-9-18/h5-9,15H,4,10-14,16-17H2,1-3H3,(H,24,31). The maximum atomic E-state index is 12.8. The molecule has 0 bridgehead atoms. The Morgan fingerprint density at radius 1 is 1.19 bits per heavy atom. The van der Waals surface area contributed by atoms with Gasteiger partial charge in [0.2, 0.25) is 0 Å². The van der Waals surface area contributed by atoms with Crippen LogP contribution in [0.15, 0.2) is 36.5 Å². The highest BCUT2D eigenvalue weighted by Gasteiger charge is 2.50. The van der Waals surface area contributed by atoms with E-state index in [-0.39, 0.29) is 29.6 Å². The molecule has 172 valence electrons. The van der Waals surface area contributed by atoms with Gasteiger partial charge in [-0.1, -0.05) is 35.5 Å². The Bertz CT molecular complexity index is 950. The van der Waals surface area contributed by atoms with Gasteiger partial charge >= 0.3 is 12.0 Å². The largest absolute Gasteiger partial charge is 0.465 e. The van der Waals surface area contributed by atoms with Crippen LogP contribution < -0.4 is 5.32 Å². The average Bonchev–Trinajstić information content (AvgIpc) is 3.33. The Labute approximate surface area is 188 Å². The number of amides is 2. The van der Waals surface area contributed by atoms with E-state index in [9.17, 15) is 9.59 Å². The molecule has 4 rings (SSSR count). The summed E-state index contributed by atoms with van der Waals surface area (Å²) >= 11 is 0. The second kappa shape index (κ2) is 8.90. The predicted molar refractivity (Wildman–Crippen MR) is 119 cm³/mol. The number of rotatable bonds is 7. The number of hydrogen-bond donors (Lipinski definition) is 1. The van der Waals surface area contributed by atoms with Crippen LogP contribution in [0.1, 0.15) is 43.9 Å². The molecule has 1 aliphatic carbocycles. The first-order chi connectivity index (χ1) is 15.4. The zero-order chi connectivity index (χ0) is 22.8. The first kappa shape index (κ1) is 22.3. The van der Waals surface area contributed by atoms with Crippen LogP contribution >= 0.6 is 0 Å². The Morgan fingerprint density at radius 2 is 1.91 bits per heavy atom. The highest BCUT2D eigenvalue weighted by molar-refractivity contribution is 5.78. The van der Waals surface area contributed by atoms with Crippen molar-refractivity contribution in [2.75, 3.05) is 27.2 Å². The Balaban J connectivity index is 1.40. The van der Waals surface area contributed by atoms with E-state index < -0.39 is 0 Å². The van der Waals surface area contributed by atoms with Gasteiger partial charge in [0.05, 0.1) is 24.9 Å². The third kappa shape index (κ3) is 4.34. The van der Waals surface area contributed by atoms with Crippen molar-refractivity contribution >= 4 is 12.0 Å². The molecule has 1 saturated heterocycles.